The van der Waals surface area contributed by atoms with E-state index in [9.17, 15) is 0 Å². The highest BCUT2D eigenvalue weighted by Gasteiger charge is 2.17. The summed E-state index contributed by atoms with van der Waals surface area (Å²) in [6, 6.07) is 7.74. The summed E-state index contributed by atoms with van der Waals surface area (Å²) in [7, 11) is 3.47. The second-order valence-electron chi connectivity index (χ2n) is 4.45. The summed E-state index contributed by atoms with van der Waals surface area (Å²) in [5, 5.41) is 11.2. The minimum Gasteiger partial charge on any atom is -0.497 e. The number of aryl methyl sites for hydroxylation is 1. The molecule has 0 fully saturated rings. The summed E-state index contributed by atoms with van der Waals surface area (Å²) in [5.41, 5.74) is 9.76. The lowest BCUT2D eigenvalue weighted by Crippen LogP contribution is -1.98. The predicted octanol–water partition coefficient (Wildman–Crippen LogP) is 2.07. The average molecular weight is 269 g/mol. The van der Waals surface area contributed by atoms with E-state index in [0.717, 1.165) is 28.1 Å². The van der Waals surface area contributed by atoms with Crippen molar-refractivity contribution in [1.29, 1.82) is 0 Å². The summed E-state index contributed by atoms with van der Waals surface area (Å²) >= 11 is 0. The van der Waals surface area contributed by atoms with Gasteiger partial charge in [-0.2, -0.15) is 10.2 Å². The highest BCUT2D eigenvalue weighted by atomic mass is 16.5. The first-order chi connectivity index (χ1) is 9.70. The standard InChI is InChI=1S/C14H15N5O/c1-19-14(15)12(9-3-5-11(20-2)6-4-9)13(18-19)10-7-16-17-8-10/h3-8H,15H2,1-2H3,(H,16,17). The second kappa shape index (κ2) is 4.73. The molecule has 0 bridgehead atoms. The molecule has 0 amide bonds. The Morgan fingerprint density at radius 1 is 1.20 bits per heavy atom. The van der Waals surface area contributed by atoms with Crippen LogP contribution in [0.3, 0.4) is 0 Å². The summed E-state index contributed by atoms with van der Waals surface area (Å²) in [4.78, 5) is 0. The van der Waals surface area contributed by atoms with E-state index < -0.39 is 0 Å². The predicted molar refractivity (Wildman–Crippen MR) is 77.2 cm³/mol. The first kappa shape index (κ1) is 12.3. The molecule has 6 heteroatoms. The van der Waals surface area contributed by atoms with Gasteiger partial charge < -0.3 is 10.5 Å². The fraction of sp³-hybridized carbons (Fsp3) is 0.143. The maximum Gasteiger partial charge on any atom is 0.129 e. The number of aromatic amines is 1. The lowest BCUT2D eigenvalue weighted by molar-refractivity contribution is 0.415. The number of nitrogens with one attached hydrogen (secondary N) is 1. The fourth-order valence-electron chi connectivity index (χ4n) is 2.16. The number of ether oxygens (including phenoxy) is 1. The zero-order chi connectivity index (χ0) is 14.1. The average Bonchev–Trinajstić information content (AvgIpc) is 3.09. The molecule has 0 unspecified atom stereocenters. The van der Waals surface area contributed by atoms with Crippen LogP contribution < -0.4 is 10.5 Å². The molecule has 102 valence electrons. The fourth-order valence-corrected chi connectivity index (χ4v) is 2.16. The van der Waals surface area contributed by atoms with Crippen LogP contribution in [0.4, 0.5) is 5.82 Å². The lowest BCUT2D eigenvalue weighted by atomic mass is 10.0. The van der Waals surface area contributed by atoms with Gasteiger partial charge in [0.25, 0.3) is 0 Å². The largest absolute Gasteiger partial charge is 0.497 e. The van der Waals surface area contributed by atoms with E-state index in [1.165, 1.54) is 0 Å². The number of aromatic nitrogens is 4. The van der Waals surface area contributed by atoms with Crippen molar-refractivity contribution in [2.45, 2.75) is 0 Å². The van der Waals surface area contributed by atoms with Gasteiger partial charge in [0.1, 0.15) is 17.3 Å². The molecule has 0 aliphatic rings. The van der Waals surface area contributed by atoms with Gasteiger partial charge in [0.2, 0.25) is 0 Å². The van der Waals surface area contributed by atoms with E-state index in [-0.39, 0.29) is 0 Å². The van der Waals surface area contributed by atoms with Crippen LogP contribution in [0.15, 0.2) is 36.7 Å². The zero-order valence-corrected chi connectivity index (χ0v) is 11.3. The summed E-state index contributed by atoms with van der Waals surface area (Å²) in [6.07, 6.45) is 3.53. The van der Waals surface area contributed by atoms with Gasteiger partial charge in [0, 0.05) is 18.8 Å². The molecule has 1 aromatic carbocycles. The van der Waals surface area contributed by atoms with Gasteiger partial charge >= 0.3 is 0 Å². The van der Waals surface area contributed by atoms with Crippen LogP contribution >= 0.6 is 0 Å². The molecule has 3 rings (SSSR count). The van der Waals surface area contributed by atoms with E-state index in [1.54, 1.807) is 24.2 Å². The van der Waals surface area contributed by atoms with Gasteiger partial charge in [-0.15, -0.1) is 0 Å². The van der Waals surface area contributed by atoms with Gasteiger partial charge in [-0.25, -0.2) is 0 Å². The third kappa shape index (κ3) is 1.91. The van der Waals surface area contributed by atoms with Crippen molar-refractivity contribution in [1.82, 2.24) is 20.0 Å². The van der Waals surface area contributed by atoms with Crippen LogP contribution in [0.1, 0.15) is 0 Å². The number of methoxy groups -OCH3 is 1. The van der Waals surface area contributed by atoms with Crippen LogP contribution in [-0.2, 0) is 7.05 Å². The molecule has 6 nitrogen and oxygen atoms in total. The van der Waals surface area contributed by atoms with Crippen molar-refractivity contribution in [3.05, 3.63) is 36.7 Å². The molecule has 0 saturated heterocycles. The van der Waals surface area contributed by atoms with Crippen molar-refractivity contribution in [3.63, 3.8) is 0 Å². The Labute approximate surface area is 116 Å². The van der Waals surface area contributed by atoms with Crippen molar-refractivity contribution in [2.75, 3.05) is 12.8 Å². The number of H-pyrrole nitrogens is 1. The Kier molecular flexibility index (Phi) is 2.90. The number of benzene rings is 1. The molecular formula is C14H15N5O. The van der Waals surface area contributed by atoms with E-state index in [0.29, 0.717) is 5.82 Å². The number of hydrogen-bond donors (Lipinski definition) is 2. The van der Waals surface area contributed by atoms with Gasteiger partial charge in [0.05, 0.1) is 18.9 Å². The molecule has 2 aromatic heterocycles. The van der Waals surface area contributed by atoms with Gasteiger partial charge in [-0.3, -0.25) is 9.78 Å². The Balaban J connectivity index is 2.16. The first-order valence-electron chi connectivity index (χ1n) is 6.16. The second-order valence-corrected chi connectivity index (χ2v) is 4.45. The highest BCUT2D eigenvalue weighted by molar-refractivity contribution is 5.87. The van der Waals surface area contributed by atoms with Gasteiger partial charge in [-0.05, 0) is 17.7 Å². The maximum atomic E-state index is 6.15. The Morgan fingerprint density at radius 2 is 1.95 bits per heavy atom. The molecule has 0 radical (unpaired) electrons. The van der Waals surface area contributed by atoms with E-state index >= 15 is 0 Å². The van der Waals surface area contributed by atoms with Crippen molar-refractivity contribution in [3.8, 4) is 28.1 Å². The van der Waals surface area contributed by atoms with E-state index in [2.05, 4.69) is 15.3 Å². The number of nitrogen functional groups attached to an aromatic ring is 1. The third-order valence-electron chi connectivity index (χ3n) is 3.24. The number of nitrogens with two attached hydrogens (primary N) is 1. The zero-order valence-electron chi connectivity index (χ0n) is 11.3. The third-order valence-corrected chi connectivity index (χ3v) is 3.24. The molecule has 0 aliphatic heterocycles. The SMILES string of the molecule is COc1ccc(-c2c(-c3cn[nH]c3)nn(C)c2N)cc1. The number of hydrogen-bond acceptors (Lipinski definition) is 4. The Hall–Kier alpha value is -2.76. The lowest BCUT2D eigenvalue weighted by Gasteiger charge is -2.05. The van der Waals surface area contributed by atoms with Crippen LogP contribution in [-0.4, -0.2) is 27.1 Å². The molecule has 0 saturated carbocycles. The number of nitrogens with zero attached hydrogens (tertiary/aromatic N) is 3. The van der Waals surface area contributed by atoms with E-state index in [4.69, 9.17) is 10.5 Å². The maximum absolute atomic E-state index is 6.15. The molecular weight excluding hydrogens is 254 g/mol. The molecule has 3 N–H and O–H groups in total. The van der Waals surface area contributed by atoms with Crippen molar-refractivity contribution < 1.29 is 4.74 Å². The molecule has 0 spiro atoms. The smallest absolute Gasteiger partial charge is 0.129 e. The van der Waals surface area contributed by atoms with Gasteiger partial charge in [-0.1, -0.05) is 12.1 Å². The Morgan fingerprint density at radius 3 is 2.55 bits per heavy atom. The molecule has 3 aromatic rings. The Bertz CT molecular complexity index is 713. The van der Waals surface area contributed by atoms with E-state index in [1.807, 2.05) is 31.3 Å². The summed E-state index contributed by atoms with van der Waals surface area (Å²) in [5.74, 6) is 1.42. The number of anilines is 1. The monoisotopic (exact) mass is 269 g/mol. The molecule has 0 atom stereocenters. The molecule has 2 heterocycles. The topological polar surface area (TPSA) is 81.8 Å². The number of rotatable bonds is 3. The normalized spacial score (nSPS) is 10.7. The highest BCUT2D eigenvalue weighted by Crippen LogP contribution is 2.35. The minimum absolute atomic E-state index is 0.617. The summed E-state index contributed by atoms with van der Waals surface area (Å²) < 4.78 is 6.84. The molecule has 20 heavy (non-hydrogen) atoms. The summed E-state index contributed by atoms with van der Waals surface area (Å²) in [6.45, 7) is 0. The quantitative estimate of drug-likeness (QED) is 0.762. The van der Waals surface area contributed by atoms with Crippen LogP contribution in [0.5, 0.6) is 5.75 Å². The van der Waals surface area contributed by atoms with Crippen molar-refractivity contribution in [2.24, 2.45) is 7.05 Å². The minimum atomic E-state index is 0.617. The van der Waals surface area contributed by atoms with Gasteiger partial charge in [0.15, 0.2) is 0 Å². The van der Waals surface area contributed by atoms with Crippen LogP contribution in [0.2, 0.25) is 0 Å². The molecule has 0 aliphatic carbocycles. The van der Waals surface area contributed by atoms with Crippen molar-refractivity contribution >= 4 is 5.82 Å². The van der Waals surface area contributed by atoms with Crippen LogP contribution in [0, 0.1) is 0 Å². The van der Waals surface area contributed by atoms with Crippen LogP contribution in [0.25, 0.3) is 22.4 Å². The first-order valence-corrected chi connectivity index (χ1v) is 6.16.